The van der Waals surface area contributed by atoms with Gasteiger partial charge in [-0.25, -0.2) is 9.98 Å². The van der Waals surface area contributed by atoms with Gasteiger partial charge in [0.1, 0.15) is 5.82 Å². The summed E-state index contributed by atoms with van der Waals surface area (Å²) >= 11 is 0. The second-order valence-corrected chi connectivity index (χ2v) is 7.78. The average molecular weight is 485 g/mol. The molecule has 1 aromatic heterocycles. The van der Waals surface area contributed by atoms with Gasteiger partial charge >= 0.3 is 0 Å². The average Bonchev–Trinajstić information content (AvgIpc) is 3.12. The summed E-state index contributed by atoms with van der Waals surface area (Å²) in [5.41, 5.74) is 1.78. The fraction of sp³-hybridized carbons (Fsp3) is 0.700. The van der Waals surface area contributed by atoms with E-state index in [1.54, 1.807) is 0 Å². The monoisotopic (exact) mass is 485 g/mol. The highest BCUT2D eigenvalue weighted by Gasteiger charge is 2.43. The van der Waals surface area contributed by atoms with Crippen LogP contribution in [0.4, 0.5) is 5.82 Å². The molecule has 6 nitrogen and oxygen atoms in total. The van der Waals surface area contributed by atoms with Crippen molar-refractivity contribution in [1.82, 2.24) is 15.2 Å². The smallest absolute Gasteiger partial charge is 0.194 e. The normalized spacial score (nSPS) is 21.7. The molecule has 2 saturated heterocycles. The first-order chi connectivity index (χ1) is 12.8. The Kier molecular flexibility index (Phi) is 7.19. The minimum atomic E-state index is 0. The van der Waals surface area contributed by atoms with Crippen LogP contribution in [0.25, 0.3) is 0 Å². The quantitative estimate of drug-likeness (QED) is 0.404. The van der Waals surface area contributed by atoms with E-state index in [9.17, 15) is 0 Å². The Hall–Kier alpha value is -1.09. The summed E-state index contributed by atoms with van der Waals surface area (Å²) in [6.07, 6.45) is 7.40. The topological polar surface area (TPSA) is 53.0 Å². The summed E-state index contributed by atoms with van der Waals surface area (Å²) in [7, 11) is 0. The number of hydrogen-bond acceptors (Lipinski definition) is 4. The van der Waals surface area contributed by atoms with Crippen LogP contribution in [-0.2, 0) is 11.3 Å². The fourth-order valence-corrected chi connectivity index (χ4v) is 4.40. The van der Waals surface area contributed by atoms with Gasteiger partial charge in [-0.15, -0.1) is 24.0 Å². The van der Waals surface area contributed by atoms with E-state index in [2.05, 4.69) is 33.1 Å². The Bertz CT molecular complexity index is 643. The van der Waals surface area contributed by atoms with E-state index in [4.69, 9.17) is 9.73 Å². The number of aromatic nitrogens is 1. The lowest BCUT2D eigenvalue weighted by molar-refractivity contribution is 0.122. The van der Waals surface area contributed by atoms with Crippen molar-refractivity contribution < 1.29 is 4.74 Å². The van der Waals surface area contributed by atoms with Gasteiger partial charge in [-0.3, -0.25) is 0 Å². The predicted molar refractivity (Wildman–Crippen MR) is 120 cm³/mol. The Morgan fingerprint density at radius 1 is 1.26 bits per heavy atom. The van der Waals surface area contributed by atoms with Gasteiger partial charge in [0.05, 0.1) is 19.8 Å². The molecule has 3 aliphatic rings. The van der Waals surface area contributed by atoms with Crippen LogP contribution in [-0.4, -0.2) is 61.8 Å². The lowest BCUT2D eigenvalue weighted by Crippen LogP contribution is -2.42. The van der Waals surface area contributed by atoms with E-state index in [-0.39, 0.29) is 24.0 Å². The van der Waals surface area contributed by atoms with Crippen LogP contribution < -0.4 is 10.2 Å². The van der Waals surface area contributed by atoms with Gasteiger partial charge in [-0.1, -0.05) is 12.5 Å². The standard InChI is InChI=1S/C20H31N5O.HI/c1-2-21-19(25-10-8-20(16-25)6-4-7-20)23-15-17-5-3-9-22-18(17)24-11-13-26-14-12-24;/h3,5,9H,2,4,6-8,10-16H2,1H3,(H,21,23);1H. The van der Waals surface area contributed by atoms with E-state index in [0.717, 1.165) is 51.2 Å². The van der Waals surface area contributed by atoms with Gasteiger partial charge in [-0.2, -0.15) is 0 Å². The van der Waals surface area contributed by atoms with Gasteiger partial charge in [0.25, 0.3) is 0 Å². The van der Waals surface area contributed by atoms with Crippen molar-refractivity contribution in [3.8, 4) is 0 Å². The number of nitrogens with one attached hydrogen (secondary N) is 1. The van der Waals surface area contributed by atoms with Crippen molar-refractivity contribution in [2.75, 3.05) is 50.8 Å². The number of aliphatic imine (C=N–C) groups is 1. The van der Waals surface area contributed by atoms with E-state index in [1.165, 1.54) is 37.8 Å². The van der Waals surface area contributed by atoms with Crippen LogP contribution in [0.5, 0.6) is 0 Å². The van der Waals surface area contributed by atoms with Gasteiger partial charge in [0.2, 0.25) is 0 Å². The first-order valence-corrected chi connectivity index (χ1v) is 10.1. The maximum atomic E-state index is 5.48. The number of likely N-dealkylation sites (tertiary alicyclic amines) is 1. The van der Waals surface area contributed by atoms with Crippen LogP contribution in [0.3, 0.4) is 0 Å². The second-order valence-electron chi connectivity index (χ2n) is 7.78. The molecule has 3 heterocycles. The molecular weight excluding hydrogens is 453 g/mol. The Labute approximate surface area is 179 Å². The summed E-state index contributed by atoms with van der Waals surface area (Å²) in [6.45, 7) is 9.39. The zero-order chi connectivity index (χ0) is 17.8. The van der Waals surface area contributed by atoms with E-state index >= 15 is 0 Å². The molecule has 3 fully saturated rings. The van der Waals surface area contributed by atoms with Crippen LogP contribution in [0.15, 0.2) is 23.3 Å². The molecule has 0 aromatic carbocycles. The number of pyridine rings is 1. The van der Waals surface area contributed by atoms with Crippen molar-refractivity contribution in [3.63, 3.8) is 0 Å². The molecule has 0 bridgehead atoms. The minimum Gasteiger partial charge on any atom is -0.378 e. The maximum absolute atomic E-state index is 5.48. The molecule has 7 heteroatoms. The number of halogens is 1. The zero-order valence-corrected chi connectivity index (χ0v) is 18.7. The molecule has 0 amide bonds. The molecule has 2 aliphatic heterocycles. The van der Waals surface area contributed by atoms with Gasteiger partial charge in [0, 0.05) is 44.5 Å². The van der Waals surface area contributed by atoms with E-state index < -0.39 is 0 Å². The largest absolute Gasteiger partial charge is 0.378 e. The third kappa shape index (κ3) is 4.67. The highest BCUT2D eigenvalue weighted by atomic mass is 127. The van der Waals surface area contributed by atoms with Crippen molar-refractivity contribution >= 4 is 35.8 Å². The fourth-order valence-electron chi connectivity index (χ4n) is 4.40. The SMILES string of the molecule is CCNC(=NCc1cccnc1N1CCOCC1)N1CCC2(CCC2)C1.I. The predicted octanol–water partition coefficient (Wildman–Crippen LogP) is 2.88. The lowest BCUT2D eigenvalue weighted by Gasteiger charge is -2.38. The molecule has 27 heavy (non-hydrogen) atoms. The molecule has 1 aromatic rings. The minimum absolute atomic E-state index is 0. The molecular formula is C20H32IN5O. The first kappa shape index (κ1) is 20.6. The number of nitrogens with zero attached hydrogens (tertiary/aromatic N) is 4. The molecule has 0 unspecified atom stereocenters. The number of hydrogen-bond donors (Lipinski definition) is 1. The number of morpholine rings is 1. The zero-order valence-electron chi connectivity index (χ0n) is 16.3. The molecule has 0 atom stereocenters. The van der Waals surface area contributed by atoms with Gasteiger partial charge < -0.3 is 19.9 Å². The number of anilines is 1. The summed E-state index contributed by atoms with van der Waals surface area (Å²) in [5, 5.41) is 3.50. The first-order valence-electron chi connectivity index (χ1n) is 10.1. The highest BCUT2D eigenvalue weighted by Crippen LogP contribution is 2.47. The number of rotatable bonds is 4. The van der Waals surface area contributed by atoms with Crippen LogP contribution in [0.2, 0.25) is 0 Å². The molecule has 4 rings (SSSR count). The summed E-state index contributed by atoms with van der Waals surface area (Å²) in [5.74, 6) is 2.13. The van der Waals surface area contributed by atoms with Crippen molar-refractivity contribution in [2.45, 2.75) is 39.2 Å². The summed E-state index contributed by atoms with van der Waals surface area (Å²) in [6, 6.07) is 4.17. The Morgan fingerprint density at radius 2 is 2.07 bits per heavy atom. The molecule has 1 aliphatic carbocycles. The maximum Gasteiger partial charge on any atom is 0.194 e. The third-order valence-corrected chi connectivity index (χ3v) is 6.06. The van der Waals surface area contributed by atoms with Crippen molar-refractivity contribution in [2.24, 2.45) is 10.4 Å². The van der Waals surface area contributed by atoms with Crippen LogP contribution in [0.1, 0.15) is 38.2 Å². The van der Waals surface area contributed by atoms with Crippen molar-refractivity contribution in [1.29, 1.82) is 0 Å². The van der Waals surface area contributed by atoms with Gasteiger partial charge in [-0.05, 0) is 37.7 Å². The van der Waals surface area contributed by atoms with E-state index in [1.807, 2.05) is 12.3 Å². The van der Waals surface area contributed by atoms with Crippen molar-refractivity contribution in [3.05, 3.63) is 23.9 Å². The summed E-state index contributed by atoms with van der Waals surface area (Å²) < 4.78 is 5.48. The molecule has 0 radical (unpaired) electrons. The molecule has 1 spiro atoms. The lowest BCUT2D eigenvalue weighted by atomic mass is 9.68. The van der Waals surface area contributed by atoms with Gasteiger partial charge in [0.15, 0.2) is 5.96 Å². The Morgan fingerprint density at radius 3 is 2.74 bits per heavy atom. The number of ether oxygens (including phenoxy) is 1. The summed E-state index contributed by atoms with van der Waals surface area (Å²) in [4.78, 5) is 14.4. The molecule has 1 N–H and O–H groups in total. The Balaban J connectivity index is 0.00000210. The van der Waals surface area contributed by atoms with Crippen LogP contribution in [0, 0.1) is 5.41 Å². The second kappa shape index (κ2) is 9.41. The molecule has 150 valence electrons. The highest BCUT2D eigenvalue weighted by molar-refractivity contribution is 14.0. The number of guanidine groups is 1. The third-order valence-electron chi connectivity index (χ3n) is 6.06. The van der Waals surface area contributed by atoms with E-state index in [0.29, 0.717) is 12.0 Å². The molecule has 1 saturated carbocycles. The van der Waals surface area contributed by atoms with Crippen LogP contribution >= 0.6 is 24.0 Å².